The summed E-state index contributed by atoms with van der Waals surface area (Å²) in [5.41, 5.74) is 10.3. The lowest BCUT2D eigenvalue weighted by Gasteiger charge is -2.02. The molecule has 0 aliphatic rings. The Labute approximate surface area is 100 Å². The summed E-state index contributed by atoms with van der Waals surface area (Å²) in [7, 11) is -3.75. The quantitative estimate of drug-likeness (QED) is 0.307. The molecule has 0 heterocycles. The first-order chi connectivity index (χ1) is 7.24. The van der Waals surface area contributed by atoms with Crippen molar-refractivity contribution >= 4 is 28.7 Å². The van der Waals surface area contributed by atoms with Crippen LogP contribution in [-0.4, -0.2) is 48.1 Å². The van der Waals surface area contributed by atoms with Crippen molar-refractivity contribution in [1.29, 1.82) is 0 Å². The van der Waals surface area contributed by atoms with Gasteiger partial charge in [0.15, 0.2) is 0 Å². The first-order valence-electron chi connectivity index (χ1n) is 4.49. The van der Waals surface area contributed by atoms with Crippen LogP contribution < -0.4 is 11.5 Å². The zero-order chi connectivity index (χ0) is 13.2. The van der Waals surface area contributed by atoms with Gasteiger partial charge in [-0.3, -0.25) is 9.35 Å². The van der Waals surface area contributed by atoms with E-state index >= 15 is 0 Å². The monoisotopic (exact) mass is 274 g/mol. The lowest BCUT2D eigenvalue weighted by Crippen LogP contribution is -2.30. The van der Waals surface area contributed by atoms with Crippen LogP contribution >= 0.6 is 12.6 Å². The number of hydrogen-bond acceptors (Lipinski definition) is 6. The summed E-state index contributed by atoms with van der Waals surface area (Å²) in [5, 5.41) is 8.24. The van der Waals surface area contributed by atoms with E-state index in [-0.39, 0.29) is 11.5 Å². The molecule has 0 aromatic rings. The summed E-state index contributed by atoms with van der Waals surface area (Å²) in [5.74, 6) is -1.06. The van der Waals surface area contributed by atoms with Gasteiger partial charge in [-0.2, -0.15) is 21.0 Å². The molecule has 0 radical (unpaired) electrons. The number of carbonyl (C=O) groups is 1. The molecule has 0 aromatic heterocycles. The van der Waals surface area contributed by atoms with Gasteiger partial charge in [0, 0.05) is 5.75 Å². The molecular formula is C7H18N2O5S2. The van der Waals surface area contributed by atoms with E-state index in [1.54, 1.807) is 0 Å². The van der Waals surface area contributed by atoms with Crippen molar-refractivity contribution in [3.63, 3.8) is 0 Å². The normalized spacial score (nSPS) is 12.5. The standard InChI is InChI=1S/C5H12N2O2.C2H6O3S2/c6-3-1-2-4(7)5(8)9;3-7(4,5)2-1-6/h4H,1-3,6-7H2,(H,8,9);6H,1-2H2,(H,3,4,5)/t4-;/m0./s1. The minimum Gasteiger partial charge on any atom is -0.480 e. The van der Waals surface area contributed by atoms with Gasteiger partial charge in [0.2, 0.25) is 0 Å². The van der Waals surface area contributed by atoms with Gasteiger partial charge in [-0.1, -0.05) is 0 Å². The summed E-state index contributed by atoms with van der Waals surface area (Å²) in [6.07, 6.45) is 1.14. The lowest BCUT2D eigenvalue weighted by atomic mass is 10.2. The number of rotatable bonds is 6. The van der Waals surface area contributed by atoms with Crippen molar-refractivity contribution in [3.8, 4) is 0 Å². The van der Waals surface area contributed by atoms with Crippen LogP contribution in [-0.2, 0) is 14.9 Å². The molecule has 16 heavy (non-hydrogen) atoms. The van der Waals surface area contributed by atoms with Crippen LogP contribution in [0.3, 0.4) is 0 Å². The van der Waals surface area contributed by atoms with Crippen LogP contribution in [0.5, 0.6) is 0 Å². The number of carboxylic acid groups (broad SMARTS) is 1. The van der Waals surface area contributed by atoms with Crippen molar-refractivity contribution in [1.82, 2.24) is 0 Å². The number of thiol groups is 1. The SMILES string of the molecule is NCCC[C@H](N)C(=O)O.O=S(=O)(O)CCS. The fourth-order valence-corrected chi connectivity index (χ4v) is 1.50. The fourth-order valence-electron chi connectivity index (χ4n) is 0.577. The van der Waals surface area contributed by atoms with E-state index in [0.717, 1.165) is 0 Å². The second-order valence-corrected chi connectivity index (χ2v) is 4.90. The van der Waals surface area contributed by atoms with Gasteiger partial charge >= 0.3 is 5.97 Å². The minimum absolute atomic E-state index is 0.166. The molecule has 98 valence electrons. The zero-order valence-corrected chi connectivity index (χ0v) is 10.5. The van der Waals surface area contributed by atoms with Gasteiger partial charge in [0.1, 0.15) is 6.04 Å². The van der Waals surface area contributed by atoms with Gasteiger partial charge < -0.3 is 16.6 Å². The van der Waals surface area contributed by atoms with Crippen LogP contribution in [0.15, 0.2) is 0 Å². The van der Waals surface area contributed by atoms with E-state index < -0.39 is 22.1 Å². The van der Waals surface area contributed by atoms with Gasteiger partial charge in [-0.05, 0) is 19.4 Å². The molecule has 6 N–H and O–H groups in total. The van der Waals surface area contributed by atoms with Crippen molar-refractivity contribution in [2.45, 2.75) is 18.9 Å². The molecule has 0 bridgehead atoms. The van der Waals surface area contributed by atoms with Gasteiger partial charge in [0.05, 0.1) is 5.75 Å². The minimum atomic E-state index is -3.75. The lowest BCUT2D eigenvalue weighted by molar-refractivity contribution is -0.138. The molecular weight excluding hydrogens is 256 g/mol. The number of aliphatic carboxylic acids is 1. The smallest absolute Gasteiger partial charge is 0.320 e. The average Bonchev–Trinajstić information content (AvgIpc) is 2.13. The zero-order valence-electron chi connectivity index (χ0n) is 8.74. The molecule has 0 saturated heterocycles. The van der Waals surface area contributed by atoms with E-state index in [1.807, 2.05) is 0 Å². The predicted molar refractivity (Wildman–Crippen MR) is 64.2 cm³/mol. The molecule has 0 aliphatic carbocycles. The van der Waals surface area contributed by atoms with Gasteiger partial charge in [0.25, 0.3) is 10.1 Å². The van der Waals surface area contributed by atoms with E-state index in [2.05, 4.69) is 12.6 Å². The fraction of sp³-hybridized carbons (Fsp3) is 0.857. The Kier molecular flexibility index (Phi) is 11.1. The highest BCUT2D eigenvalue weighted by Gasteiger charge is 2.08. The Morgan fingerprint density at radius 1 is 1.44 bits per heavy atom. The molecule has 9 heteroatoms. The maximum Gasteiger partial charge on any atom is 0.320 e. The summed E-state index contributed by atoms with van der Waals surface area (Å²) in [4.78, 5) is 10.0. The highest BCUT2D eigenvalue weighted by atomic mass is 32.2. The molecule has 0 spiro atoms. The second kappa shape index (κ2) is 9.85. The van der Waals surface area contributed by atoms with Crippen LogP contribution in [0.4, 0.5) is 0 Å². The van der Waals surface area contributed by atoms with Gasteiger partial charge in [-0.15, -0.1) is 0 Å². The maximum atomic E-state index is 10.0. The number of nitrogens with two attached hydrogens (primary N) is 2. The van der Waals surface area contributed by atoms with Crippen LogP contribution in [0.25, 0.3) is 0 Å². The van der Waals surface area contributed by atoms with Crippen molar-refractivity contribution in [2.75, 3.05) is 18.1 Å². The molecule has 0 saturated carbocycles. The molecule has 0 aliphatic heterocycles. The third kappa shape index (κ3) is 16.1. The van der Waals surface area contributed by atoms with Crippen LogP contribution in [0, 0.1) is 0 Å². The average molecular weight is 274 g/mol. The number of carboxylic acids is 1. The molecule has 7 nitrogen and oxygen atoms in total. The second-order valence-electron chi connectivity index (χ2n) is 2.89. The highest BCUT2D eigenvalue weighted by Crippen LogP contribution is 1.91. The molecule has 0 unspecified atom stereocenters. The van der Waals surface area contributed by atoms with Crippen molar-refractivity contribution < 1.29 is 22.9 Å². The topological polar surface area (TPSA) is 144 Å². The summed E-state index contributed by atoms with van der Waals surface area (Å²) >= 11 is 3.57. The molecule has 0 amide bonds. The Balaban J connectivity index is 0. The van der Waals surface area contributed by atoms with Gasteiger partial charge in [-0.25, -0.2) is 0 Å². The van der Waals surface area contributed by atoms with E-state index in [4.69, 9.17) is 21.1 Å². The highest BCUT2D eigenvalue weighted by molar-refractivity contribution is 7.87. The largest absolute Gasteiger partial charge is 0.480 e. The van der Waals surface area contributed by atoms with Crippen LogP contribution in [0.1, 0.15) is 12.8 Å². The maximum absolute atomic E-state index is 10.0. The predicted octanol–water partition coefficient (Wildman–Crippen LogP) is -1.06. The van der Waals surface area contributed by atoms with Crippen molar-refractivity contribution in [2.24, 2.45) is 11.5 Å². The Morgan fingerprint density at radius 2 is 1.94 bits per heavy atom. The van der Waals surface area contributed by atoms with E-state index in [9.17, 15) is 13.2 Å². The Hall–Kier alpha value is -0.350. The first kappa shape index (κ1) is 18.0. The van der Waals surface area contributed by atoms with Crippen LogP contribution in [0.2, 0.25) is 0 Å². The molecule has 0 fully saturated rings. The summed E-state index contributed by atoms with van der Waals surface area (Å²) in [6, 6.07) is -0.742. The van der Waals surface area contributed by atoms with Crippen molar-refractivity contribution in [3.05, 3.63) is 0 Å². The first-order valence-corrected chi connectivity index (χ1v) is 6.73. The third-order valence-electron chi connectivity index (χ3n) is 1.39. The molecule has 0 rings (SSSR count). The Bertz CT molecular complexity index is 281. The Morgan fingerprint density at radius 3 is 2.12 bits per heavy atom. The summed E-state index contributed by atoms with van der Waals surface area (Å²) < 4.78 is 27.4. The third-order valence-corrected chi connectivity index (χ3v) is 2.63. The molecule has 0 aromatic carbocycles. The summed E-state index contributed by atoms with van der Waals surface area (Å²) in [6.45, 7) is 0.501. The van der Waals surface area contributed by atoms with E-state index in [0.29, 0.717) is 19.4 Å². The number of hydrogen-bond donors (Lipinski definition) is 5. The van der Waals surface area contributed by atoms with E-state index in [1.165, 1.54) is 0 Å². The molecule has 1 atom stereocenters.